The zero-order chi connectivity index (χ0) is 24.9. The molecule has 0 bridgehead atoms. The third kappa shape index (κ3) is 11.7. The van der Waals surface area contributed by atoms with Gasteiger partial charge in [0.05, 0.1) is 26.4 Å². The number of alkyl carbamates (subject to hydrolysis) is 1. The van der Waals surface area contributed by atoms with E-state index in [2.05, 4.69) is 5.32 Å². The second-order valence-electron chi connectivity index (χ2n) is 8.12. The first-order chi connectivity index (χ1) is 15.6. The normalized spacial score (nSPS) is 12.2. The highest BCUT2D eigenvalue weighted by Gasteiger charge is 2.31. The first-order valence-corrected chi connectivity index (χ1v) is 10.7. The topological polar surface area (TPSA) is 113 Å². The maximum absolute atomic E-state index is 13.4. The summed E-state index contributed by atoms with van der Waals surface area (Å²) in [5.74, 6) is -1.17. The third-order valence-corrected chi connectivity index (χ3v) is 4.22. The van der Waals surface area contributed by atoms with E-state index in [1.54, 1.807) is 27.7 Å². The third-order valence-electron chi connectivity index (χ3n) is 4.22. The Balaban J connectivity index is 3.01. The molecule has 0 radical (unpaired) electrons. The van der Waals surface area contributed by atoms with Gasteiger partial charge in [-0.2, -0.15) is 0 Å². The van der Waals surface area contributed by atoms with E-state index in [4.69, 9.17) is 23.7 Å². The minimum Gasteiger partial charge on any atom is -0.465 e. The van der Waals surface area contributed by atoms with Crippen LogP contribution in [0.2, 0.25) is 0 Å². The van der Waals surface area contributed by atoms with E-state index < -0.39 is 35.9 Å². The van der Waals surface area contributed by atoms with Crippen LogP contribution in [0.3, 0.4) is 0 Å². The van der Waals surface area contributed by atoms with Crippen molar-refractivity contribution in [3.05, 3.63) is 35.9 Å². The first kappa shape index (κ1) is 28.3. The minimum atomic E-state index is -1.12. The van der Waals surface area contributed by atoms with Gasteiger partial charge in [0.15, 0.2) is 6.29 Å². The van der Waals surface area contributed by atoms with Crippen molar-refractivity contribution in [1.82, 2.24) is 10.2 Å². The van der Waals surface area contributed by atoms with E-state index in [0.29, 0.717) is 0 Å². The van der Waals surface area contributed by atoms with E-state index >= 15 is 0 Å². The molecule has 2 amide bonds. The van der Waals surface area contributed by atoms with Crippen molar-refractivity contribution in [1.29, 1.82) is 0 Å². The maximum Gasteiger partial charge on any atom is 0.408 e. The molecule has 1 aromatic rings. The Morgan fingerprint density at radius 1 is 1.06 bits per heavy atom. The number of hydrogen-bond acceptors (Lipinski definition) is 8. The first-order valence-electron chi connectivity index (χ1n) is 10.7. The molecule has 1 N–H and O–H groups in total. The summed E-state index contributed by atoms with van der Waals surface area (Å²) in [6.45, 7) is 6.66. The lowest BCUT2D eigenvalue weighted by molar-refractivity contribution is -0.158. The molecule has 0 fully saturated rings. The van der Waals surface area contributed by atoms with Crippen molar-refractivity contribution in [2.75, 3.05) is 40.5 Å². The molecule has 10 heteroatoms. The van der Waals surface area contributed by atoms with Crippen LogP contribution in [-0.4, -0.2) is 81.3 Å². The van der Waals surface area contributed by atoms with Crippen molar-refractivity contribution in [3.8, 4) is 0 Å². The molecule has 0 saturated heterocycles. The van der Waals surface area contributed by atoms with Crippen molar-refractivity contribution in [3.63, 3.8) is 0 Å². The zero-order valence-electron chi connectivity index (χ0n) is 20.3. The molecule has 33 heavy (non-hydrogen) atoms. The van der Waals surface area contributed by atoms with Gasteiger partial charge >= 0.3 is 12.1 Å². The van der Waals surface area contributed by atoms with Gasteiger partial charge < -0.3 is 33.9 Å². The monoisotopic (exact) mass is 468 g/mol. The summed E-state index contributed by atoms with van der Waals surface area (Å²) in [5, 5.41) is 2.54. The van der Waals surface area contributed by atoms with Gasteiger partial charge in [0.25, 0.3) is 0 Å². The van der Waals surface area contributed by atoms with Crippen LogP contribution in [0.15, 0.2) is 30.3 Å². The molecular weight excluding hydrogens is 432 g/mol. The number of rotatable bonds is 13. The number of amides is 2. The fraction of sp³-hybridized carbons (Fsp3) is 0.609. The van der Waals surface area contributed by atoms with Crippen LogP contribution in [0.1, 0.15) is 33.3 Å². The SMILES string of the molecule is CCOC(=O)CN(CC(OC)OC)C(=O)[C@H](COCc1ccccc1)NC(=O)OC(C)(C)C. The van der Waals surface area contributed by atoms with E-state index in [1.807, 2.05) is 30.3 Å². The Kier molecular flexibility index (Phi) is 12.4. The number of nitrogens with one attached hydrogen (secondary N) is 1. The number of carbonyl (C=O) groups is 3. The van der Waals surface area contributed by atoms with Crippen molar-refractivity contribution in [2.45, 2.75) is 52.2 Å². The number of ether oxygens (including phenoxy) is 5. The van der Waals surface area contributed by atoms with Crippen LogP contribution in [0, 0.1) is 0 Å². The summed E-state index contributed by atoms with van der Waals surface area (Å²) in [6, 6.07) is 8.27. The van der Waals surface area contributed by atoms with E-state index in [9.17, 15) is 14.4 Å². The van der Waals surface area contributed by atoms with Crippen molar-refractivity contribution < 1.29 is 38.1 Å². The van der Waals surface area contributed by atoms with E-state index in [1.165, 1.54) is 19.1 Å². The Hall–Kier alpha value is -2.69. The van der Waals surface area contributed by atoms with Crippen molar-refractivity contribution in [2.24, 2.45) is 0 Å². The molecule has 1 rings (SSSR count). The highest BCUT2D eigenvalue weighted by Crippen LogP contribution is 2.09. The average molecular weight is 469 g/mol. The molecule has 0 aromatic heterocycles. The van der Waals surface area contributed by atoms with Gasteiger partial charge in [0, 0.05) is 14.2 Å². The van der Waals surface area contributed by atoms with Gasteiger partial charge in [0.1, 0.15) is 18.2 Å². The van der Waals surface area contributed by atoms with Crippen LogP contribution in [-0.2, 0) is 39.9 Å². The van der Waals surface area contributed by atoms with Crippen molar-refractivity contribution >= 4 is 18.0 Å². The molecule has 186 valence electrons. The lowest BCUT2D eigenvalue weighted by Crippen LogP contribution is -2.54. The molecule has 0 aliphatic heterocycles. The largest absolute Gasteiger partial charge is 0.465 e. The van der Waals surface area contributed by atoms with Crippen LogP contribution in [0.25, 0.3) is 0 Å². The highest BCUT2D eigenvalue weighted by molar-refractivity contribution is 5.88. The Morgan fingerprint density at radius 2 is 1.70 bits per heavy atom. The number of carbonyl (C=O) groups excluding carboxylic acids is 3. The van der Waals surface area contributed by atoms with Gasteiger partial charge in [-0.15, -0.1) is 0 Å². The number of nitrogens with zero attached hydrogens (tertiary/aromatic N) is 1. The molecular formula is C23H36N2O8. The second-order valence-corrected chi connectivity index (χ2v) is 8.12. The quantitative estimate of drug-likeness (QED) is 0.346. The number of hydrogen-bond donors (Lipinski definition) is 1. The fourth-order valence-electron chi connectivity index (χ4n) is 2.73. The Bertz CT molecular complexity index is 732. The molecule has 0 aliphatic rings. The van der Waals surface area contributed by atoms with E-state index in [0.717, 1.165) is 5.56 Å². The molecule has 0 unspecified atom stereocenters. The van der Waals surface area contributed by atoms with Gasteiger partial charge in [-0.1, -0.05) is 30.3 Å². The summed E-state index contributed by atoms with van der Waals surface area (Å²) in [4.78, 5) is 39.0. The summed E-state index contributed by atoms with van der Waals surface area (Å²) in [5.41, 5.74) is 0.146. The van der Waals surface area contributed by atoms with Gasteiger partial charge in [-0.05, 0) is 33.3 Å². The minimum absolute atomic E-state index is 0.0597. The highest BCUT2D eigenvalue weighted by atomic mass is 16.7. The molecule has 1 atom stereocenters. The fourth-order valence-corrected chi connectivity index (χ4v) is 2.73. The average Bonchev–Trinajstić information content (AvgIpc) is 2.75. The lowest BCUT2D eigenvalue weighted by Gasteiger charge is -2.30. The Morgan fingerprint density at radius 3 is 2.24 bits per heavy atom. The van der Waals surface area contributed by atoms with E-state index in [-0.39, 0.29) is 32.9 Å². The Labute approximate surface area is 195 Å². The number of benzene rings is 1. The second kappa shape index (κ2) is 14.5. The predicted octanol–water partition coefficient (Wildman–Crippen LogP) is 2.11. The van der Waals surface area contributed by atoms with Gasteiger partial charge in [0.2, 0.25) is 5.91 Å². The number of esters is 1. The predicted molar refractivity (Wildman–Crippen MR) is 120 cm³/mol. The van der Waals surface area contributed by atoms with Crippen LogP contribution >= 0.6 is 0 Å². The molecule has 0 saturated carbocycles. The van der Waals surface area contributed by atoms with Crippen LogP contribution in [0.4, 0.5) is 4.79 Å². The summed E-state index contributed by atoms with van der Waals surface area (Å²) in [6.07, 6.45) is -1.56. The molecule has 1 aromatic carbocycles. The maximum atomic E-state index is 13.4. The lowest BCUT2D eigenvalue weighted by atomic mass is 10.2. The molecule has 0 aliphatic carbocycles. The summed E-state index contributed by atoms with van der Waals surface area (Å²) < 4.78 is 26.3. The zero-order valence-corrected chi connectivity index (χ0v) is 20.3. The number of methoxy groups -OCH3 is 2. The van der Waals surface area contributed by atoms with Gasteiger partial charge in [-0.3, -0.25) is 9.59 Å². The summed E-state index contributed by atoms with van der Waals surface area (Å²) >= 11 is 0. The smallest absolute Gasteiger partial charge is 0.408 e. The standard InChI is InChI=1S/C23H36N2O8/c1-7-32-19(26)13-25(14-20(29-5)30-6)21(27)18(24-22(28)33-23(2,3)4)16-31-15-17-11-9-8-10-12-17/h8-12,18,20H,7,13-16H2,1-6H3,(H,24,28)/t18-/m0/s1. The molecule has 10 nitrogen and oxygen atoms in total. The van der Waals surface area contributed by atoms with Crippen LogP contribution < -0.4 is 5.32 Å². The van der Waals surface area contributed by atoms with Gasteiger partial charge in [-0.25, -0.2) is 4.79 Å². The van der Waals surface area contributed by atoms with Crippen LogP contribution in [0.5, 0.6) is 0 Å². The molecule has 0 spiro atoms. The summed E-state index contributed by atoms with van der Waals surface area (Å²) in [7, 11) is 2.83. The molecule has 0 heterocycles.